The number of pyridine rings is 1. The van der Waals surface area contributed by atoms with E-state index >= 15 is 0 Å². The average Bonchev–Trinajstić information content (AvgIpc) is 3.12. The largest absolute Gasteiger partial charge is 0.468 e. The van der Waals surface area contributed by atoms with Crippen LogP contribution in [0.15, 0.2) is 40.8 Å². The first kappa shape index (κ1) is 23.5. The van der Waals surface area contributed by atoms with Crippen molar-refractivity contribution >= 4 is 41.3 Å². The van der Waals surface area contributed by atoms with Crippen molar-refractivity contribution in [1.29, 1.82) is 0 Å². The fourth-order valence-corrected chi connectivity index (χ4v) is 2.86. The van der Waals surface area contributed by atoms with Gasteiger partial charge in [-0.15, -0.1) is 35.3 Å². The molecular formula is C17H22F3IN4OS. The molecule has 0 radical (unpaired) electrons. The molecule has 5 nitrogen and oxygen atoms in total. The third kappa shape index (κ3) is 8.78. The van der Waals surface area contributed by atoms with Gasteiger partial charge >= 0.3 is 6.18 Å². The van der Waals surface area contributed by atoms with Gasteiger partial charge in [0.2, 0.25) is 5.88 Å². The van der Waals surface area contributed by atoms with E-state index in [1.807, 2.05) is 18.0 Å². The molecule has 0 aliphatic heterocycles. The summed E-state index contributed by atoms with van der Waals surface area (Å²) in [4.78, 5) is 11.5. The molecule has 10 heteroatoms. The zero-order chi connectivity index (χ0) is 19.0. The van der Waals surface area contributed by atoms with Gasteiger partial charge in [-0.05, 0) is 23.4 Å². The predicted octanol–water partition coefficient (Wildman–Crippen LogP) is 3.95. The highest BCUT2D eigenvalue weighted by Gasteiger charge is 2.28. The molecule has 150 valence electrons. The van der Waals surface area contributed by atoms with Gasteiger partial charge in [0.15, 0.2) is 12.6 Å². The Morgan fingerprint density at radius 1 is 1.33 bits per heavy atom. The van der Waals surface area contributed by atoms with Crippen molar-refractivity contribution in [3.63, 3.8) is 0 Å². The minimum atomic E-state index is -4.37. The van der Waals surface area contributed by atoms with E-state index in [1.165, 1.54) is 17.1 Å². The first-order valence-electron chi connectivity index (χ1n) is 7.96. The fraction of sp³-hybridized carbons (Fsp3) is 0.412. The minimum absolute atomic E-state index is 0. The summed E-state index contributed by atoms with van der Waals surface area (Å²) in [7, 11) is 3.66. The van der Waals surface area contributed by atoms with Crippen LogP contribution in [0.4, 0.5) is 13.2 Å². The highest BCUT2D eigenvalue weighted by atomic mass is 127. The Balaban J connectivity index is 0.00000364. The first-order chi connectivity index (χ1) is 12.4. The lowest BCUT2D eigenvalue weighted by atomic mass is 10.3. The molecule has 0 amide bonds. The summed E-state index contributed by atoms with van der Waals surface area (Å²) in [6, 6.07) is 7.22. The van der Waals surface area contributed by atoms with E-state index in [4.69, 9.17) is 0 Å². The standard InChI is InChI=1S/C17H21F3N4OS.HI/c1-21-16(24(2)8-7-14-4-3-9-26-14)23-11-13-5-6-15(22-10-13)25-12-17(18,19)20;/h3-6,9-10H,7-8,11-12H2,1-2H3,(H,21,23);1H. The molecular weight excluding hydrogens is 492 g/mol. The van der Waals surface area contributed by atoms with Crippen molar-refractivity contribution in [3.8, 4) is 5.88 Å². The summed E-state index contributed by atoms with van der Waals surface area (Å²) in [5.41, 5.74) is 0.817. The summed E-state index contributed by atoms with van der Waals surface area (Å²) in [5, 5.41) is 5.26. The van der Waals surface area contributed by atoms with Crippen molar-refractivity contribution in [3.05, 3.63) is 46.3 Å². The highest BCUT2D eigenvalue weighted by Crippen LogP contribution is 2.17. The molecule has 2 heterocycles. The smallest absolute Gasteiger partial charge is 0.422 e. The number of aromatic nitrogens is 1. The van der Waals surface area contributed by atoms with E-state index in [1.54, 1.807) is 24.5 Å². The Bertz CT molecular complexity index is 693. The van der Waals surface area contributed by atoms with Gasteiger partial charge in [-0.3, -0.25) is 4.99 Å². The van der Waals surface area contributed by atoms with Crippen LogP contribution in [0, 0.1) is 0 Å². The van der Waals surface area contributed by atoms with Crippen LogP contribution in [0.3, 0.4) is 0 Å². The summed E-state index contributed by atoms with van der Waals surface area (Å²) in [5.74, 6) is 0.683. The van der Waals surface area contributed by atoms with Gasteiger partial charge in [0.25, 0.3) is 0 Å². The number of guanidine groups is 1. The zero-order valence-corrected chi connectivity index (χ0v) is 18.1. The van der Waals surface area contributed by atoms with Crippen molar-refractivity contribution in [2.75, 3.05) is 27.2 Å². The molecule has 1 N–H and O–H groups in total. The Labute approximate surface area is 177 Å². The number of hydrogen-bond donors (Lipinski definition) is 1. The van der Waals surface area contributed by atoms with Gasteiger partial charge in [-0.2, -0.15) is 13.2 Å². The zero-order valence-electron chi connectivity index (χ0n) is 15.0. The number of alkyl halides is 3. The van der Waals surface area contributed by atoms with Crippen molar-refractivity contribution in [2.45, 2.75) is 19.1 Å². The Morgan fingerprint density at radius 2 is 2.11 bits per heavy atom. The Kier molecular flexibility index (Phi) is 9.84. The summed E-state index contributed by atoms with van der Waals surface area (Å²) < 4.78 is 40.9. The van der Waals surface area contributed by atoms with Crippen LogP contribution in [-0.4, -0.2) is 49.3 Å². The van der Waals surface area contributed by atoms with Crippen molar-refractivity contribution in [1.82, 2.24) is 15.2 Å². The maximum atomic E-state index is 12.1. The van der Waals surface area contributed by atoms with Gasteiger partial charge in [-0.1, -0.05) is 12.1 Å². The number of likely N-dealkylation sites (N-methyl/N-ethyl adjacent to an activating group) is 1. The lowest BCUT2D eigenvalue weighted by Crippen LogP contribution is -2.39. The number of nitrogens with zero attached hydrogens (tertiary/aromatic N) is 3. The quantitative estimate of drug-likeness (QED) is 0.346. The second-order valence-corrected chi connectivity index (χ2v) is 6.59. The number of rotatable bonds is 7. The number of aliphatic imine (C=N–C) groups is 1. The van der Waals surface area contributed by atoms with Gasteiger partial charge in [0, 0.05) is 44.3 Å². The molecule has 2 aromatic heterocycles. The van der Waals surface area contributed by atoms with Crippen LogP contribution in [-0.2, 0) is 13.0 Å². The first-order valence-corrected chi connectivity index (χ1v) is 8.84. The maximum Gasteiger partial charge on any atom is 0.422 e. The van der Waals surface area contributed by atoms with E-state index in [0.717, 1.165) is 24.5 Å². The van der Waals surface area contributed by atoms with Gasteiger partial charge in [0.1, 0.15) is 0 Å². The number of nitrogens with one attached hydrogen (secondary N) is 1. The Morgan fingerprint density at radius 3 is 2.67 bits per heavy atom. The summed E-state index contributed by atoms with van der Waals surface area (Å²) >= 11 is 1.72. The van der Waals surface area contributed by atoms with Crippen LogP contribution in [0.2, 0.25) is 0 Å². The second kappa shape index (κ2) is 11.3. The third-order valence-electron chi connectivity index (χ3n) is 3.48. The fourth-order valence-electron chi connectivity index (χ4n) is 2.16. The molecule has 27 heavy (non-hydrogen) atoms. The maximum absolute atomic E-state index is 12.1. The monoisotopic (exact) mass is 514 g/mol. The molecule has 0 fully saturated rings. The Hall–Kier alpha value is -1.56. The topological polar surface area (TPSA) is 49.8 Å². The number of hydrogen-bond acceptors (Lipinski definition) is 4. The second-order valence-electron chi connectivity index (χ2n) is 5.56. The van der Waals surface area contributed by atoms with Gasteiger partial charge < -0.3 is 15.0 Å². The molecule has 2 aromatic rings. The lowest BCUT2D eigenvalue weighted by Gasteiger charge is -2.21. The predicted molar refractivity (Wildman–Crippen MR) is 112 cm³/mol. The van der Waals surface area contributed by atoms with Crippen LogP contribution in [0.1, 0.15) is 10.4 Å². The molecule has 0 spiro atoms. The van der Waals surface area contributed by atoms with Crippen LogP contribution in [0.25, 0.3) is 0 Å². The highest BCUT2D eigenvalue weighted by molar-refractivity contribution is 14.0. The molecule has 0 saturated heterocycles. The molecule has 2 rings (SSSR count). The van der Waals surface area contributed by atoms with Crippen LogP contribution < -0.4 is 10.1 Å². The number of ether oxygens (including phenoxy) is 1. The average molecular weight is 514 g/mol. The van der Waals surface area contributed by atoms with Gasteiger partial charge in [0.05, 0.1) is 0 Å². The molecule has 0 unspecified atom stereocenters. The lowest BCUT2D eigenvalue weighted by molar-refractivity contribution is -0.154. The molecule has 0 atom stereocenters. The minimum Gasteiger partial charge on any atom is -0.468 e. The van der Waals surface area contributed by atoms with Gasteiger partial charge in [-0.25, -0.2) is 4.98 Å². The molecule has 0 aromatic carbocycles. The number of halogens is 4. The van der Waals surface area contributed by atoms with E-state index < -0.39 is 12.8 Å². The van der Waals surface area contributed by atoms with Crippen molar-refractivity contribution < 1.29 is 17.9 Å². The van der Waals surface area contributed by atoms with E-state index in [0.29, 0.717) is 6.54 Å². The summed E-state index contributed by atoms with van der Waals surface area (Å²) in [6.07, 6.45) is -1.96. The van der Waals surface area contributed by atoms with E-state index in [-0.39, 0.29) is 29.9 Å². The summed E-state index contributed by atoms with van der Waals surface area (Å²) in [6.45, 7) is -0.0650. The molecule has 0 bridgehead atoms. The van der Waals surface area contributed by atoms with E-state index in [9.17, 15) is 13.2 Å². The van der Waals surface area contributed by atoms with Crippen LogP contribution >= 0.6 is 35.3 Å². The van der Waals surface area contributed by atoms with Crippen LogP contribution in [0.5, 0.6) is 5.88 Å². The molecule has 0 aliphatic rings. The molecule has 0 saturated carbocycles. The number of thiophene rings is 1. The van der Waals surface area contributed by atoms with E-state index in [2.05, 4.69) is 31.5 Å². The third-order valence-corrected chi connectivity index (χ3v) is 4.42. The SMILES string of the molecule is CN=C(NCc1ccc(OCC(F)(F)F)nc1)N(C)CCc1cccs1.I. The van der Waals surface area contributed by atoms with Crippen molar-refractivity contribution in [2.24, 2.45) is 4.99 Å². The normalized spacial score (nSPS) is 11.7. The molecule has 0 aliphatic carbocycles.